The van der Waals surface area contributed by atoms with Gasteiger partial charge in [0.1, 0.15) is 6.04 Å². The molecule has 80 valence electrons. The van der Waals surface area contributed by atoms with Gasteiger partial charge in [-0.2, -0.15) is 0 Å². The second kappa shape index (κ2) is 4.47. The van der Waals surface area contributed by atoms with Crippen molar-refractivity contribution in [3.05, 3.63) is 35.9 Å². The van der Waals surface area contributed by atoms with E-state index in [1.807, 2.05) is 0 Å². The molecule has 0 radical (unpaired) electrons. The highest BCUT2D eigenvalue weighted by atomic mass is 15.2. The van der Waals surface area contributed by atoms with E-state index in [4.69, 9.17) is 0 Å². The lowest BCUT2D eigenvalue weighted by molar-refractivity contribution is -0.464. The minimum atomic E-state index is 0.577. The number of hydrogen-bond donors (Lipinski definition) is 0. The first-order valence-electron chi connectivity index (χ1n) is 5.59. The lowest BCUT2D eigenvalue weighted by atomic mass is 10.1. The maximum Gasteiger partial charge on any atom is 0.234 e. The minimum Gasteiger partial charge on any atom is -0.274 e. The van der Waals surface area contributed by atoms with E-state index in [1.54, 1.807) is 0 Å². The number of nitrogens with zero attached hydrogens (tertiary/aromatic N) is 2. The number of likely N-dealkylation sites (tertiary alicyclic amines) is 1. The molecule has 2 nitrogen and oxygen atoms in total. The summed E-state index contributed by atoms with van der Waals surface area (Å²) in [7, 11) is 4.17. The van der Waals surface area contributed by atoms with Crippen LogP contribution in [0, 0.1) is 0 Å². The number of rotatable bonds is 2. The average Bonchev–Trinajstić information content (AvgIpc) is 2.66. The second-order valence-electron chi connectivity index (χ2n) is 4.39. The Balaban J connectivity index is 2.19. The minimum absolute atomic E-state index is 0.577. The molecule has 1 aliphatic heterocycles. The maximum absolute atomic E-state index is 2.44. The molecule has 2 heteroatoms. The van der Waals surface area contributed by atoms with Crippen molar-refractivity contribution in [1.82, 2.24) is 4.90 Å². The van der Waals surface area contributed by atoms with Crippen molar-refractivity contribution < 1.29 is 4.58 Å². The largest absolute Gasteiger partial charge is 0.274 e. The van der Waals surface area contributed by atoms with E-state index in [-0.39, 0.29) is 0 Å². The van der Waals surface area contributed by atoms with Crippen LogP contribution in [0.5, 0.6) is 0 Å². The molecule has 0 spiro atoms. The van der Waals surface area contributed by atoms with Gasteiger partial charge in [-0.15, -0.1) is 0 Å². The SMILES string of the molecule is C[N+](C)=CN1CCC[C@@H]1c1ccccc1. The molecule has 1 aliphatic rings. The summed E-state index contributed by atoms with van der Waals surface area (Å²) >= 11 is 0. The van der Waals surface area contributed by atoms with Crippen molar-refractivity contribution in [2.75, 3.05) is 20.6 Å². The summed E-state index contributed by atoms with van der Waals surface area (Å²) in [6.45, 7) is 1.18. The number of benzene rings is 1. The Labute approximate surface area is 91.8 Å². The molecule has 0 bridgehead atoms. The Bertz CT molecular complexity index is 339. The molecular weight excluding hydrogens is 184 g/mol. The fraction of sp³-hybridized carbons (Fsp3) is 0.462. The molecule has 0 amide bonds. The molecule has 0 unspecified atom stereocenters. The highest BCUT2D eigenvalue weighted by Crippen LogP contribution is 2.30. The van der Waals surface area contributed by atoms with Gasteiger partial charge in [0.2, 0.25) is 6.34 Å². The summed E-state index contributed by atoms with van der Waals surface area (Å²) in [4.78, 5) is 2.44. The lowest BCUT2D eigenvalue weighted by Gasteiger charge is -2.16. The molecule has 1 fully saturated rings. The van der Waals surface area contributed by atoms with Gasteiger partial charge in [-0.25, -0.2) is 0 Å². The van der Waals surface area contributed by atoms with Crippen LogP contribution in [0.1, 0.15) is 24.4 Å². The van der Waals surface area contributed by atoms with Gasteiger partial charge in [0.25, 0.3) is 0 Å². The van der Waals surface area contributed by atoms with Crippen LogP contribution in [0.25, 0.3) is 0 Å². The predicted molar refractivity (Wildman–Crippen MR) is 63.3 cm³/mol. The molecule has 0 saturated carbocycles. The van der Waals surface area contributed by atoms with Crippen LogP contribution in [-0.4, -0.2) is 36.5 Å². The zero-order valence-corrected chi connectivity index (χ0v) is 9.56. The zero-order valence-electron chi connectivity index (χ0n) is 9.56. The number of hydrogen-bond acceptors (Lipinski definition) is 0. The molecule has 1 aromatic carbocycles. The lowest BCUT2D eigenvalue weighted by Crippen LogP contribution is -2.25. The third kappa shape index (κ3) is 2.38. The molecule has 1 saturated heterocycles. The molecule has 15 heavy (non-hydrogen) atoms. The third-order valence-corrected chi connectivity index (χ3v) is 2.86. The zero-order chi connectivity index (χ0) is 10.7. The van der Waals surface area contributed by atoms with Crippen LogP contribution >= 0.6 is 0 Å². The van der Waals surface area contributed by atoms with Crippen molar-refractivity contribution in [3.63, 3.8) is 0 Å². The third-order valence-electron chi connectivity index (χ3n) is 2.86. The van der Waals surface area contributed by atoms with Gasteiger partial charge in [-0.05, 0) is 18.4 Å². The van der Waals surface area contributed by atoms with Crippen LogP contribution in [0.4, 0.5) is 0 Å². The molecule has 1 heterocycles. The topological polar surface area (TPSA) is 6.25 Å². The Kier molecular flexibility index (Phi) is 3.05. The van der Waals surface area contributed by atoms with Crippen molar-refractivity contribution in [2.45, 2.75) is 18.9 Å². The van der Waals surface area contributed by atoms with E-state index in [1.165, 1.54) is 24.9 Å². The molecule has 0 aliphatic carbocycles. The van der Waals surface area contributed by atoms with Gasteiger partial charge < -0.3 is 0 Å². The first kappa shape index (κ1) is 10.2. The van der Waals surface area contributed by atoms with E-state index < -0.39 is 0 Å². The van der Waals surface area contributed by atoms with E-state index >= 15 is 0 Å². The summed E-state index contributed by atoms with van der Waals surface area (Å²) < 4.78 is 2.13. The van der Waals surface area contributed by atoms with Crippen LogP contribution in [0.15, 0.2) is 30.3 Å². The molecule has 2 rings (SSSR count). The van der Waals surface area contributed by atoms with E-state index in [9.17, 15) is 0 Å². The summed E-state index contributed by atoms with van der Waals surface area (Å²) in [6.07, 6.45) is 4.78. The van der Waals surface area contributed by atoms with Crippen LogP contribution in [0.2, 0.25) is 0 Å². The molecular formula is C13H19N2+. The highest BCUT2D eigenvalue weighted by molar-refractivity contribution is 5.51. The first-order chi connectivity index (χ1) is 7.27. The van der Waals surface area contributed by atoms with Crippen LogP contribution < -0.4 is 0 Å². The van der Waals surface area contributed by atoms with Crippen molar-refractivity contribution in [3.8, 4) is 0 Å². The summed E-state index contributed by atoms with van der Waals surface area (Å²) in [5, 5.41) is 0. The van der Waals surface area contributed by atoms with Gasteiger partial charge >= 0.3 is 0 Å². The molecule has 1 aromatic rings. The Morgan fingerprint density at radius 2 is 2.00 bits per heavy atom. The molecule has 1 atom stereocenters. The average molecular weight is 203 g/mol. The fourth-order valence-electron chi connectivity index (χ4n) is 2.26. The first-order valence-corrected chi connectivity index (χ1v) is 5.59. The smallest absolute Gasteiger partial charge is 0.234 e. The standard InChI is InChI=1S/C13H19N2/c1-14(2)11-15-10-6-9-13(15)12-7-4-3-5-8-12/h3-5,7-8,11,13H,6,9-10H2,1-2H3/q+1/t13-/m1/s1. The van der Waals surface area contributed by atoms with E-state index in [2.05, 4.69) is 60.2 Å². The van der Waals surface area contributed by atoms with Crippen molar-refractivity contribution >= 4 is 6.34 Å². The predicted octanol–water partition coefficient (Wildman–Crippen LogP) is 2.12. The fourth-order valence-corrected chi connectivity index (χ4v) is 2.26. The van der Waals surface area contributed by atoms with Gasteiger partial charge in [0.15, 0.2) is 0 Å². The van der Waals surface area contributed by atoms with Gasteiger partial charge in [-0.1, -0.05) is 30.3 Å². The van der Waals surface area contributed by atoms with E-state index in [0.29, 0.717) is 6.04 Å². The van der Waals surface area contributed by atoms with Crippen molar-refractivity contribution in [1.29, 1.82) is 0 Å². The molecule has 0 N–H and O–H groups in total. The Hall–Kier alpha value is -1.31. The normalized spacial score (nSPS) is 20.4. The van der Waals surface area contributed by atoms with Crippen LogP contribution in [0.3, 0.4) is 0 Å². The summed E-state index contributed by atoms with van der Waals surface area (Å²) in [5.74, 6) is 0. The Morgan fingerprint density at radius 3 is 2.67 bits per heavy atom. The highest BCUT2D eigenvalue weighted by Gasteiger charge is 2.29. The second-order valence-corrected chi connectivity index (χ2v) is 4.39. The van der Waals surface area contributed by atoms with Gasteiger partial charge in [0, 0.05) is 0 Å². The monoisotopic (exact) mass is 203 g/mol. The summed E-state index contributed by atoms with van der Waals surface area (Å²) in [6, 6.07) is 11.4. The van der Waals surface area contributed by atoms with Gasteiger partial charge in [-0.3, -0.25) is 9.48 Å². The summed E-state index contributed by atoms with van der Waals surface area (Å²) in [5.41, 5.74) is 1.44. The van der Waals surface area contributed by atoms with Gasteiger partial charge in [0.05, 0.1) is 20.6 Å². The molecule has 0 aromatic heterocycles. The van der Waals surface area contributed by atoms with Crippen LogP contribution in [-0.2, 0) is 0 Å². The Morgan fingerprint density at radius 1 is 1.27 bits per heavy atom. The quantitative estimate of drug-likeness (QED) is 0.405. The maximum atomic E-state index is 2.44. The van der Waals surface area contributed by atoms with E-state index in [0.717, 1.165) is 0 Å². The van der Waals surface area contributed by atoms with Crippen molar-refractivity contribution in [2.24, 2.45) is 0 Å².